The molecule has 1 rings (SSSR count). The molecule has 3 nitrogen and oxygen atoms in total. The Hall–Kier alpha value is -0.520. The molecule has 0 saturated heterocycles. The molecule has 0 aliphatic rings. The highest BCUT2D eigenvalue weighted by molar-refractivity contribution is 7.99. The first-order valence-electron chi connectivity index (χ1n) is 6.21. The first-order chi connectivity index (χ1) is 8.56. The number of nitrogens with one attached hydrogen (secondary N) is 1. The van der Waals surface area contributed by atoms with Gasteiger partial charge in [-0.2, -0.15) is 11.8 Å². The number of thioether (sulfide) groups is 1. The summed E-state index contributed by atoms with van der Waals surface area (Å²) < 4.78 is 26.7. The van der Waals surface area contributed by atoms with Gasteiger partial charge in [-0.3, -0.25) is 0 Å². The zero-order valence-corrected chi connectivity index (χ0v) is 12.6. The van der Waals surface area contributed by atoms with E-state index in [0.717, 1.165) is 24.3 Å². The summed E-state index contributed by atoms with van der Waals surface area (Å²) in [6.07, 6.45) is 1.91. The van der Waals surface area contributed by atoms with Crippen molar-refractivity contribution in [1.82, 2.24) is 4.72 Å². The minimum atomic E-state index is -3.36. The molecule has 0 bridgehead atoms. The second-order valence-corrected chi connectivity index (χ2v) is 7.28. The lowest BCUT2D eigenvalue weighted by Gasteiger charge is -2.13. The van der Waals surface area contributed by atoms with Crippen LogP contribution in [0.5, 0.6) is 0 Å². The average molecular weight is 287 g/mol. The maximum Gasteiger partial charge on any atom is 0.240 e. The van der Waals surface area contributed by atoms with Gasteiger partial charge in [0, 0.05) is 6.04 Å². The third-order valence-electron chi connectivity index (χ3n) is 2.54. The van der Waals surface area contributed by atoms with Gasteiger partial charge < -0.3 is 0 Å². The molecule has 0 heterocycles. The molecule has 1 atom stereocenters. The summed E-state index contributed by atoms with van der Waals surface area (Å²) in [5.41, 5.74) is 0. The van der Waals surface area contributed by atoms with Gasteiger partial charge in [-0.25, -0.2) is 13.1 Å². The van der Waals surface area contributed by atoms with Gasteiger partial charge in [0.15, 0.2) is 0 Å². The number of sulfonamides is 1. The molecule has 0 aromatic heterocycles. The van der Waals surface area contributed by atoms with Crippen molar-refractivity contribution in [2.24, 2.45) is 0 Å². The lowest BCUT2D eigenvalue weighted by atomic mass is 10.2. The summed E-state index contributed by atoms with van der Waals surface area (Å²) >= 11 is 1.89. The van der Waals surface area contributed by atoms with E-state index in [1.807, 2.05) is 24.8 Å². The molecule has 0 amide bonds. The van der Waals surface area contributed by atoms with Crippen LogP contribution < -0.4 is 4.72 Å². The van der Waals surface area contributed by atoms with Gasteiger partial charge in [0.25, 0.3) is 0 Å². The second kappa shape index (κ2) is 7.81. The predicted octanol–water partition coefficient (Wildman–Crippen LogP) is 2.89. The Bertz CT molecular complexity index is 432. The zero-order valence-electron chi connectivity index (χ0n) is 10.9. The second-order valence-electron chi connectivity index (χ2n) is 4.17. The number of benzene rings is 1. The van der Waals surface area contributed by atoms with Crippen LogP contribution in [-0.4, -0.2) is 26.0 Å². The monoisotopic (exact) mass is 287 g/mol. The smallest absolute Gasteiger partial charge is 0.208 e. The van der Waals surface area contributed by atoms with E-state index >= 15 is 0 Å². The van der Waals surface area contributed by atoms with Crippen molar-refractivity contribution in [3.63, 3.8) is 0 Å². The van der Waals surface area contributed by atoms with E-state index in [1.54, 1.807) is 24.3 Å². The largest absolute Gasteiger partial charge is 0.240 e. The molecule has 18 heavy (non-hydrogen) atoms. The van der Waals surface area contributed by atoms with Gasteiger partial charge >= 0.3 is 0 Å². The normalized spacial score (nSPS) is 13.4. The van der Waals surface area contributed by atoms with Gasteiger partial charge in [-0.1, -0.05) is 25.1 Å². The van der Waals surface area contributed by atoms with Crippen LogP contribution in [0.1, 0.15) is 26.7 Å². The van der Waals surface area contributed by atoms with Gasteiger partial charge in [-0.15, -0.1) is 0 Å². The molecule has 0 saturated carbocycles. The van der Waals surface area contributed by atoms with E-state index in [4.69, 9.17) is 0 Å². The van der Waals surface area contributed by atoms with Crippen molar-refractivity contribution < 1.29 is 8.42 Å². The standard InChI is InChI=1S/C13H21NO2S2/c1-3-17-11-7-8-12(2)14-18(15,16)13-9-5-4-6-10-13/h4-6,9-10,12,14H,3,7-8,11H2,1-2H3/t12-/m1/s1. The van der Waals surface area contributed by atoms with Crippen LogP contribution in [0.2, 0.25) is 0 Å². The zero-order chi connectivity index (χ0) is 13.4. The molecule has 1 aromatic rings. The van der Waals surface area contributed by atoms with Gasteiger partial charge in [0.1, 0.15) is 0 Å². The Balaban J connectivity index is 2.46. The van der Waals surface area contributed by atoms with Crippen molar-refractivity contribution in [2.75, 3.05) is 11.5 Å². The summed E-state index contributed by atoms with van der Waals surface area (Å²) in [7, 11) is -3.36. The Morgan fingerprint density at radius 1 is 1.28 bits per heavy atom. The average Bonchev–Trinajstić information content (AvgIpc) is 2.35. The van der Waals surface area contributed by atoms with E-state index in [0.29, 0.717) is 4.90 Å². The highest BCUT2D eigenvalue weighted by Gasteiger charge is 2.16. The van der Waals surface area contributed by atoms with E-state index in [1.165, 1.54) is 0 Å². The molecular formula is C13H21NO2S2. The molecule has 5 heteroatoms. The van der Waals surface area contributed by atoms with E-state index < -0.39 is 10.0 Å². The third-order valence-corrected chi connectivity index (χ3v) is 5.13. The van der Waals surface area contributed by atoms with Crippen LogP contribution in [0.15, 0.2) is 35.2 Å². The highest BCUT2D eigenvalue weighted by atomic mass is 32.2. The topological polar surface area (TPSA) is 46.2 Å². The van der Waals surface area contributed by atoms with E-state index in [-0.39, 0.29) is 6.04 Å². The summed E-state index contributed by atoms with van der Waals surface area (Å²) in [6, 6.07) is 8.48. The van der Waals surface area contributed by atoms with Crippen molar-refractivity contribution >= 4 is 21.8 Å². The number of hydrogen-bond donors (Lipinski definition) is 1. The van der Waals surface area contributed by atoms with Crippen LogP contribution in [0.25, 0.3) is 0 Å². The fourth-order valence-electron chi connectivity index (χ4n) is 1.63. The maximum atomic E-state index is 12.0. The molecule has 0 unspecified atom stereocenters. The van der Waals surface area contributed by atoms with Gasteiger partial charge in [0.2, 0.25) is 10.0 Å². The molecule has 0 spiro atoms. The molecule has 0 radical (unpaired) electrons. The van der Waals surface area contributed by atoms with Crippen LogP contribution in [0.3, 0.4) is 0 Å². The SMILES string of the molecule is CCSCCC[C@@H](C)NS(=O)(=O)c1ccccc1. The summed E-state index contributed by atoms with van der Waals surface area (Å²) in [5, 5.41) is 0. The Morgan fingerprint density at radius 2 is 1.94 bits per heavy atom. The molecule has 0 aliphatic carbocycles. The Labute approximate surface area is 114 Å². The first-order valence-corrected chi connectivity index (χ1v) is 8.85. The first kappa shape index (κ1) is 15.5. The van der Waals surface area contributed by atoms with Crippen molar-refractivity contribution in [1.29, 1.82) is 0 Å². The fraction of sp³-hybridized carbons (Fsp3) is 0.538. The highest BCUT2D eigenvalue weighted by Crippen LogP contribution is 2.11. The molecular weight excluding hydrogens is 266 g/mol. The maximum absolute atomic E-state index is 12.0. The molecule has 0 fully saturated rings. The van der Waals surface area contributed by atoms with Crippen LogP contribution in [0.4, 0.5) is 0 Å². The molecule has 0 aliphatic heterocycles. The van der Waals surface area contributed by atoms with Crippen molar-refractivity contribution in [2.45, 2.75) is 37.6 Å². The van der Waals surface area contributed by atoms with Gasteiger partial charge in [0.05, 0.1) is 4.90 Å². The molecule has 1 aromatic carbocycles. The predicted molar refractivity (Wildman–Crippen MR) is 78.5 cm³/mol. The van der Waals surface area contributed by atoms with Gasteiger partial charge in [-0.05, 0) is 43.4 Å². The van der Waals surface area contributed by atoms with Crippen LogP contribution in [0, 0.1) is 0 Å². The minimum Gasteiger partial charge on any atom is -0.208 e. The van der Waals surface area contributed by atoms with E-state index in [2.05, 4.69) is 11.6 Å². The lowest BCUT2D eigenvalue weighted by Crippen LogP contribution is -2.32. The summed E-state index contributed by atoms with van der Waals surface area (Å²) in [5.74, 6) is 2.21. The summed E-state index contributed by atoms with van der Waals surface area (Å²) in [4.78, 5) is 0.333. The molecule has 1 N–H and O–H groups in total. The fourth-order valence-corrected chi connectivity index (χ4v) is 3.59. The Morgan fingerprint density at radius 3 is 2.56 bits per heavy atom. The number of hydrogen-bond acceptors (Lipinski definition) is 3. The molecule has 102 valence electrons. The van der Waals surface area contributed by atoms with Crippen LogP contribution in [-0.2, 0) is 10.0 Å². The van der Waals surface area contributed by atoms with Crippen molar-refractivity contribution in [3.05, 3.63) is 30.3 Å². The van der Waals surface area contributed by atoms with Crippen LogP contribution >= 0.6 is 11.8 Å². The number of rotatable bonds is 8. The minimum absolute atomic E-state index is 0.0207. The quantitative estimate of drug-likeness (QED) is 0.748. The lowest BCUT2D eigenvalue weighted by molar-refractivity contribution is 0.545. The Kier molecular flexibility index (Phi) is 6.75. The van der Waals surface area contributed by atoms with E-state index in [9.17, 15) is 8.42 Å². The third kappa shape index (κ3) is 5.42. The summed E-state index contributed by atoms with van der Waals surface area (Å²) in [6.45, 7) is 4.04. The van der Waals surface area contributed by atoms with Crippen molar-refractivity contribution in [3.8, 4) is 0 Å².